The average molecular weight is 366 g/mol. The molecule has 2 aromatic carbocycles. The first-order chi connectivity index (χ1) is 10.2. The van der Waals surface area contributed by atoms with Crippen LogP contribution in [0, 0.1) is 0 Å². The molecule has 0 spiro atoms. The van der Waals surface area contributed by atoms with E-state index in [0.29, 0.717) is 6.61 Å². The lowest BCUT2D eigenvalue weighted by molar-refractivity contribution is 0.338. The van der Waals surface area contributed by atoms with Crippen molar-refractivity contribution >= 4 is 27.5 Å². The molecule has 1 unspecified atom stereocenters. The lowest BCUT2D eigenvalue weighted by Gasteiger charge is -2.23. The molecule has 0 amide bonds. The lowest BCUT2D eigenvalue weighted by atomic mass is 9.88. The Morgan fingerprint density at radius 3 is 2.48 bits per heavy atom. The van der Waals surface area contributed by atoms with Gasteiger partial charge in [-0.3, -0.25) is 0 Å². The molecule has 1 fully saturated rings. The van der Waals surface area contributed by atoms with Crippen molar-refractivity contribution in [3.63, 3.8) is 0 Å². The summed E-state index contributed by atoms with van der Waals surface area (Å²) in [6, 6.07) is 16.8. The highest BCUT2D eigenvalue weighted by Gasteiger charge is 2.50. The molecule has 1 atom stereocenters. The Bertz CT molecular complexity index is 622. The summed E-state index contributed by atoms with van der Waals surface area (Å²) in [5.41, 5.74) is 2.58. The van der Waals surface area contributed by atoms with Crippen LogP contribution < -0.4 is 4.74 Å². The van der Waals surface area contributed by atoms with E-state index in [1.54, 1.807) is 0 Å². The minimum atomic E-state index is -0.00752. The van der Waals surface area contributed by atoms with Crippen LogP contribution in [-0.4, -0.2) is 6.61 Å². The normalized spacial score (nSPS) is 17.3. The predicted molar refractivity (Wildman–Crippen MR) is 91.3 cm³/mol. The van der Waals surface area contributed by atoms with Crippen LogP contribution in [0.2, 0.25) is 0 Å². The van der Waals surface area contributed by atoms with E-state index in [1.165, 1.54) is 5.56 Å². The van der Waals surface area contributed by atoms with E-state index in [4.69, 9.17) is 16.3 Å². The van der Waals surface area contributed by atoms with Crippen LogP contribution in [0.25, 0.3) is 0 Å². The molecule has 0 saturated heterocycles. The van der Waals surface area contributed by atoms with Crippen molar-refractivity contribution in [3.8, 4) is 5.75 Å². The molecular formula is C18H18BrClO. The number of alkyl halides is 1. The predicted octanol–water partition coefficient (Wildman–Crippen LogP) is 5.86. The summed E-state index contributed by atoms with van der Waals surface area (Å²) in [4.78, 5) is 0. The molecule has 0 aliphatic heterocycles. The zero-order chi connectivity index (χ0) is 14.9. The van der Waals surface area contributed by atoms with Crippen LogP contribution in [0.1, 0.15) is 36.3 Å². The zero-order valence-electron chi connectivity index (χ0n) is 12.0. The molecule has 1 nitrogen and oxygen atoms in total. The third kappa shape index (κ3) is 2.84. The number of halogens is 2. The molecule has 110 valence electrons. The Morgan fingerprint density at radius 1 is 1.19 bits per heavy atom. The summed E-state index contributed by atoms with van der Waals surface area (Å²) < 4.78 is 6.54. The molecule has 0 bridgehead atoms. The molecule has 0 heterocycles. The van der Waals surface area contributed by atoms with Gasteiger partial charge >= 0.3 is 0 Å². The van der Waals surface area contributed by atoms with Crippen molar-refractivity contribution in [2.75, 3.05) is 6.61 Å². The molecule has 3 heteroatoms. The molecule has 0 N–H and O–H groups in total. The fourth-order valence-corrected chi connectivity index (χ4v) is 3.85. The number of hydrogen-bond donors (Lipinski definition) is 0. The minimum absolute atomic E-state index is 0.00752. The van der Waals surface area contributed by atoms with Crippen LogP contribution >= 0.6 is 27.5 Å². The minimum Gasteiger partial charge on any atom is -0.493 e. The van der Waals surface area contributed by atoms with Crippen LogP contribution in [0.15, 0.2) is 53.0 Å². The summed E-state index contributed by atoms with van der Waals surface area (Å²) in [5.74, 6) is 0.870. The number of benzene rings is 2. The SMILES string of the molecule is CCOc1ccc(C(Cl)C2(c3ccccc3)CC2)cc1Br. The molecule has 21 heavy (non-hydrogen) atoms. The van der Waals surface area contributed by atoms with E-state index in [9.17, 15) is 0 Å². The van der Waals surface area contributed by atoms with Crippen molar-refractivity contribution in [1.29, 1.82) is 0 Å². The van der Waals surface area contributed by atoms with Gasteiger partial charge in [-0.2, -0.15) is 0 Å². The van der Waals surface area contributed by atoms with Crippen molar-refractivity contribution in [2.45, 2.75) is 30.6 Å². The number of hydrogen-bond acceptors (Lipinski definition) is 1. The molecule has 3 rings (SSSR count). The van der Waals surface area contributed by atoms with Gasteiger partial charge in [0.25, 0.3) is 0 Å². The van der Waals surface area contributed by atoms with Gasteiger partial charge in [0.05, 0.1) is 16.5 Å². The Kier molecular flexibility index (Phi) is 4.28. The van der Waals surface area contributed by atoms with Gasteiger partial charge in [-0.15, -0.1) is 11.6 Å². The molecule has 0 aromatic heterocycles. The molecule has 1 saturated carbocycles. The second-order valence-electron chi connectivity index (χ2n) is 5.51. The second kappa shape index (κ2) is 6.02. The first-order valence-corrected chi connectivity index (χ1v) is 8.52. The van der Waals surface area contributed by atoms with E-state index in [1.807, 2.05) is 13.0 Å². The van der Waals surface area contributed by atoms with Crippen LogP contribution in [0.3, 0.4) is 0 Å². The highest BCUT2D eigenvalue weighted by Crippen LogP contribution is 2.59. The summed E-state index contributed by atoms with van der Waals surface area (Å²) in [5, 5.41) is -0.00752. The Morgan fingerprint density at radius 2 is 1.90 bits per heavy atom. The van der Waals surface area contributed by atoms with Crippen molar-refractivity contribution in [3.05, 3.63) is 64.1 Å². The summed E-state index contributed by atoms with van der Waals surface area (Å²) in [7, 11) is 0. The maximum Gasteiger partial charge on any atom is 0.133 e. The molecule has 1 aliphatic carbocycles. The standard InChI is InChI=1S/C18H18BrClO/c1-2-21-16-9-8-13(12-15(16)19)17(20)18(10-11-18)14-6-4-3-5-7-14/h3-9,12,17H,2,10-11H2,1H3. The monoisotopic (exact) mass is 364 g/mol. The van der Waals surface area contributed by atoms with Gasteiger partial charge < -0.3 is 4.74 Å². The van der Waals surface area contributed by atoms with Crippen LogP contribution in [-0.2, 0) is 5.41 Å². The van der Waals surface area contributed by atoms with Crippen molar-refractivity contribution in [1.82, 2.24) is 0 Å². The van der Waals surface area contributed by atoms with E-state index >= 15 is 0 Å². The first-order valence-electron chi connectivity index (χ1n) is 7.29. The van der Waals surface area contributed by atoms with Crippen molar-refractivity contribution in [2.24, 2.45) is 0 Å². The second-order valence-corrected chi connectivity index (χ2v) is 6.80. The van der Waals surface area contributed by atoms with Gasteiger partial charge in [0.1, 0.15) is 5.75 Å². The molecule has 2 aromatic rings. The van der Waals surface area contributed by atoms with E-state index in [2.05, 4.69) is 58.4 Å². The molecular weight excluding hydrogens is 348 g/mol. The fourth-order valence-electron chi connectivity index (χ4n) is 2.86. The Labute approximate surface area is 139 Å². The summed E-state index contributed by atoms with van der Waals surface area (Å²) >= 11 is 10.4. The van der Waals surface area contributed by atoms with Crippen LogP contribution in [0.4, 0.5) is 0 Å². The highest BCUT2D eigenvalue weighted by molar-refractivity contribution is 9.10. The molecule has 1 aliphatic rings. The Balaban J connectivity index is 1.89. The third-order valence-corrected chi connectivity index (χ3v) is 5.46. The lowest BCUT2D eigenvalue weighted by Crippen LogP contribution is -2.14. The van der Waals surface area contributed by atoms with Gasteiger partial charge in [-0.05, 0) is 59.0 Å². The number of ether oxygens (including phenoxy) is 1. The molecule has 0 radical (unpaired) electrons. The average Bonchev–Trinajstić information content (AvgIpc) is 3.31. The smallest absolute Gasteiger partial charge is 0.133 e. The zero-order valence-corrected chi connectivity index (χ0v) is 14.3. The van der Waals surface area contributed by atoms with E-state index in [0.717, 1.165) is 28.6 Å². The Hall–Kier alpha value is -0.990. The topological polar surface area (TPSA) is 9.23 Å². The highest BCUT2D eigenvalue weighted by atomic mass is 79.9. The summed E-state index contributed by atoms with van der Waals surface area (Å²) in [6.45, 7) is 2.65. The number of rotatable bonds is 5. The maximum atomic E-state index is 6.83. The maximum absolute atomic E-state index is 6.83. The van der Waals surface area contributed by atoms with E-state index < -0.39 is 0 Å². The van der Waals surface area contributed by atoms with Gasteiger partial charge in [0, 0.05) is 5.41 Å². The van der Waals surface area contributed by atoms with Crippen molar-refractivity contribution < 1.29 is 4.74 Å². The van der Waals surface area contributed by atoms with Gasteiger partial charge in [-0.25, -0.2) is 0 Å². The van der Waals surface area contributed by atoms with E-state index in [-0.39, 0.29) is 10.8 Å². The first kappa shape index (κ1) is 14.9. The van der Waals surface area contributed by atoms with Gasteiger partial charge in [-0.1, -0.05) is 36.4 Å². The fraction of sp³-hybridized carbons (Fsp3) is 0.333. The third-order valence-electron chi connectivity index (χ3n) is 4.17. The summed E-state index contributed by atoms with van der Waals surface area (Å²) in [6.07, 6.45) is 2.30. The van der Waals surface area contributed by atoms with Gasteiger partial charge in [0.15, 0.2) is 0 Å². The largest absolute Gasteiger partial charge is 0.493 e. The van der Waals surface area contributed by atoms with Gasteiger partial charge in [0.2, 0.25) is 0 Å². The quantitative estimate of drug-likeness (QED) is 0.603. The van der Waals surface area contributed by atoms with Crippen LogP contribution in [0.5, 0.6) is 5.75 Å².